The normalized spacial score (nSPS) is 21.6. The molecule has 0 aliphatic carbocycles. The number of amides is 4. The fraction of sp³-hybridized carbons (Fsp3) is 0.594. The van der Waals surface area contributed by atoms with Gasteiger partial charge in [0.2, 0.25) is 11.8 Å². The molecule has 2 fully saturated rings. The summed E-state index contributed by atoms with van der Waals surface area (Å²) in [5.41, 5.74) is -1.21. The van der Waals surface area contributed by atoms with Gasteiger partial charge in [0.1, 0.15) is 16.8 Å². The maximum atomic E-state index is 14.3. The molecule has 2 atom stereocenters. The largest absolute Gasteiger partial charge is 0.497 e. The zero-order valence-corrected chi connectivity index (χ0v) is 27.0. The molecule has 2 saturated heterocycles. The Morgan fingerprint density at radius 3 is 2.09 bits per heavy atom. The number of carbonyl (C=O) groups is 5. The van der Waals surface area contributed by atoms with Gasteiger partial charge in [-0.1, -0.05) is 12.1 Å². The van der Waals surface area contributed by atoms with E-state index in [1.54, 1.807) is 64.8 Å². The Morgan fingerprint density at radius 1 is 0.889 bits per heavy atom. The highest BCUT2D eigenvalue weighted by Crippen LogP contribution is 2.51. The first kappa shape index (κ1) is 33.6. The molecule has 3 heterocycles. The van der Waals surface area contributed by atoms with Crippen molar-refractivity contribution in [2.75, 3.05) is 59.6 Å². The van der Waals surface area contributed by atoms with Crippen molar-refractivity contribution in [1.82, 2.24) is 19.6 Å². The molecule has 0 spiro atoms. The van der Waals surface area contributed by atoms with Gasteiger partial charge in [-0.05, 0) is 58.4 Å². The summed E-state index contributed by atoms with van der Waals surface area (Å²) in [6.07, 6.45) is 0.331. The van der Waals surface area contributed by atoms with Crippen LogP contribution in [0, 0.1) is 11.3 Å². The highest BCUT2D eigenvalue weighted by molar-refractivity contribution is 5.99. The van der Waals surface area contributed by atoms with E-state index in [-0.39, 0.29) is 71.4 Å². The Bertz CT molecular complexity index is 1310. The minimum Gasteiger partial charge on any atom is -0.497 e. The van der Waals surface area contributed by atoms with E-state index in [4.69, 9.17) is 18.9 Å². The highest BCUT2D eigenvalue weighted by Gasteiger charge is 2.64. The Labute approximate surface area is 264 Å². The van der Waals surface area contributed by atoms with Crippen LogP contribution in [0.5, 0.6) is 5.75 Å². The van der Waals surface area contributed by atoms with Gasteiger partial charge in [-0.25, -0.2) is 9.59 Å². The number of piperazine rings is 1. The summed E-state index contributed by atoms with van der Waals surface area (Å²) >= 11 is 0. The number of likely N-dealkylation sites (tertiary alicyclic amines) is 1. The van der Waals surface area contributed by atoms with Crippen molar-refractivity contribution in [3.63, 3.8) is 0 Å². The summed E-state index contributed by atoms with van der Waals surface area (Å²) in [7, 11) is 1.56. The van der Waals surface area contributed by atoms with Crippen LogP contribution in [0.2, 0.25) is 0 Å². The van der Waals surface area contributed by atoms with Gasteiger partial charge in [-0.15, -0.1) is 0 Å². The number of hydrogen-bond acceptors (Lipinski definition) is 9. The number of carbonyl (C=O) groups excluding carboxylic acids is 5. The van der Waals surface area contributed by atoms with Crippen molar-refractivity contribution in [2.24, 2.45) is 11.3 Å². The van der Waals surface area contributed by atoms with Crippen LogP contribution in [0.15, 0.2) is 36.0 Å². The quantitative estimate of drug-likeness (QED) is 0.314. The summed E-state index contributed by atoms with van der Waals surface area (Å²) in [6.45, 7) is 10.1. The third kappa shape index (κ3) is 7.18. The first-order chi connectivity index (χ1) is 21.3. The minimum atomic E-state index is -1.63. The molecule has 4 amide bonds. The average Bonchev–Trinajstić information content (AvgIpc) is 3.24. The van der Waals surface area contributed by atoms with Crippen LogP contribution < -0.4 is 4.74 Å². The Balaban J connectivity index is 1.68. The molecule has 4 rings (SSSR count). The summed E-state index contributed by atoms with van der Waals surface area (Å²) in [4.78, 5) is 73.5. The zero-order chi connectivity index (χ0) is 32.9. The van der Waals surface area contributed by atoms with Gasteiger partial charge in [-0.3, -0.25) is 14.4 Å². The van der Waals surface area contributed by atoms with Crippen molar-refractivity contribution in [2.45, 2.75) is 53.2 Å². The maximum absolute atomic E-state index is 14.3. The number of rotatable bonds is 8. The van der Waals surface area contributed by atoms with Gasteiger partial charge in [0.25, 0.3) is 0 Å². The molecule has 3 aliphatic rings. The number of esters is 1. The van der Waals surface area contributed by atoms with E-state index in [0.29, 0.717) is 11.4 Å². The van der Waals surface area contributed by atoms with Gasteiger partial charge < -0.3 is 38.5 Å². The second-order valence-electron chi connectivity index (χ2n) is 12.2. The molecule has 45 heavy (non-hydrogen) atoms. The van der Waals surface area contributed by atoms with E-state index < -0.39 is 41.0 Å². The van der Waals surface area contributed by atoms with Crippen molar-refractivity contribution >= 4 is 30.0 Å². The molecule has 246 valence electrons. The molecule has 0 aromatic heterocycles. The standard InChI is InChI=1S/C32H44N4O9/c1-7-43-28(39)32-21-35(30(41)45-31(3,4)5)14-13-25(32)36(20-22-9-11-23(42-6)12-10-22)27(38)24(32)19-26(37)33-15-17-34(18-16-33)29(40)44-8-2/h9-13,24H,7-8,14-21H2,1-6H3/t24-,32-/m1/s1. The van der Waals surface area contributed by atoms with E-state index in [2.05, 4.69) is 0 Å². The predicted octanol–water partition coefficient (Wildman–Crippen LogP) is 3.03. The number of benzene rings is 1. The van der Waals surface area contributed by atoms with Crippen molar-refractivity contribution < 1.29 is 42.9 Å². The van der Waals surface area contributed by atoms with Gasteiger partial charge in [0, 0.05) is 51.4 Å². The van der Waals surface area contributed by atoms with Crippen LogP contribution in [-0.2, 0) is 35.1 Å². The summed E-state index contributed by atoms with van der Waals surface area (Å²) in [5, 5.41) is 0. The summed E-state index contributed by atoms with van der Waals surface area (Å²) in [6, 6.07) is 7.22. The van der Waals surface area contributed by atoms with Gasteiger partial charge in [-0.2, -0.15) is 0 Å². The molecule has 0 unspecified atom stereocenters. The zero-order valence-electron chi connectivity index (χ0n) is 27.0. The third-order valence-electron chi connectivity index (χ3n) is 8.18. The Kier molecular flexibility index (Phi) is 10.3. The SMILES string of the molecule is CCOC(=O)N1CCN(C(=O)C[C@@H]2C(=O)N(Cc3ccc(OC)cc3)C3=CCN(C(=O)OC(C)(C)C)C[C@]32C(=O)OCC)CC1. The van der Waals surface area contributed by atoms with E-state index >= 15 is 0 Å². The molecule has 0 bridgehead atoms. The van der Waals surface area contributed by atoms with E-state index in [9.17, 15) is 24.0 Å². The second-order valence-corrected chi connectivity index (χ2v) is 12.2. The lowest BCUT2D eigenvalue weighted by Crippen LogP contribution is -2.55. The van der Waals surface area contributed by atoms with Crippen molar-refractivity contribution in [1.29, 1.82) is 0 Å². The number of ether oxygens (including phenoxy) is 4. The van der Waals surface area contributed by atoms with Crippen LogP contribution in [0.25, 0.3) is 0 Å². The second kappa shape index (κ2) is 13.8. The molecular weight excluding hydrogens is 584 g/mol. The van der Waals surface area contributed by atoms with Gasteiger partial charge in [0.15, 0.2) is 0 Å². The first-order valence-corrected chi connectivity index (χ1v) is 15.3. The monoisotopic (exact) mass is 628 g/mol. The minimum absolute atomic E-state index is 0.0451. The van der Waals surface area contributed by atoms with Crippen LogP contribution >= 0.6 is 0 Å². The molecule has 1 aromatic rings. The first-order valence-electron chi connectivity index (χ1n) is 15.3. The van der Waals surface area contributed by atoms with Crippen LogP contribution in [-0.4, -0.2) is 115 Å². The lowest BCUT2D eigenvalue weighted by atomic mass is 9.71. The fourth-order valence-corrected chi connectivity index (χ4v) is 6.01. The van der Waals surface area contributed by atoms with Crippen LogP contribution in [0.3, 0.4) is 0 Å². The number of hydrogen-bond donors (Lipinski definition) is 0. The molecule has 1 aromatic carbocycles. The highest BCUT2D eigenvalue weighted by atomic mass is 16.6. The molecule has 3 aliphatic heterocycles. The molecule has 0 radical (unpaired) electrons. The molecule has 13 heteroatoms. The number of fused-ring (bicyclic) bond motifs is 1. The lowest BCUT2D eigenvalue weighted by Gasteiger charge is -2.41. The molecule has 0 saturated carbocycles. The average molecular weight is 629 g/mol. The Morgan fingerprint density at radius 2 is 1.51 bits per heavy atom. The molecular formula is C32H44N4O9. The van der Waals surface area contributed by atoms with Crippen LogP contribution in [0.4, 0.5) is 9.59 Å². The summed E-state index contributed by atoms with van der Waals surface area (Å²) in [5.74, 6) is -1.90. The topological polar surface area (TPSA) is 135 Å². The van der Waals surface area contributed by atoms with Crippen molar-refractivity contribution in [3.8, 4) is 5.75 Å². The smallest absolute Gasteiger partial charge is 0.410 e. The van der Waals surface area contributed by atoms with E-state index in [0.717, 1.165) is 5.56 Å². The third-order valence-corrected chi connectivity index (χ3v) is 8.18. The van der Waals surface area contributed by atoms with E-state index in [1.165, 1.54) is 14.7 Å². The lowest BCUT2D eigenvalue weighted by molar-refractivity contribution is -0.159. The molecule has 0 N–H and O–H groups in total. The maximum Gasteiger partial charge on any atom is 0.410 e. The molecule has 13 nitrogen and oxygen atoms in total. The summed E-state index contributed by atoms with van der Waals surface area (Å²) < 4.78 is 21.5. The van der Waals surface area contributed by atoms with Gasteiger partial charge in [0.05, 0.1) is 32.8 Å². The van der Waals surface area contributed by atoms with Crippen LogP contribution in [0.1, 0.15) is 46.6 Å². The fourth-order valence-electron chi connectivity index (χ4n) is 6.01. The number of methoxy groups -OCH3 is 1. The van der Waals surface area contributed by atoms with Crippen molar-refractivity contribution in [3.05, 3.63) is 41.6 Å². The predicted molar refractivity (Wildman–Crippen MR) is 162 cm³/mol. The Hall–Kier alpha value is -4.29. The number of nitrogens with zero attached hydrogens (tertiary/aromatic N) is 4. The van der Waals surface area contributed by atoms with Gasteiger partial charge >= 0.3 is 18.2 Å². The van der Waals surface area contributed by atoms with E-state index in [1.807, 2.05) is 12.1 Å².